The van der Waals surface area contributed by atoms with Gasteiger partial charge in [-0.15, -0.1) is 0 Å². The number of phenolic OH excluding ortho intramolecular Hbond substituents is 1. The highest BCUT2D eigenvalue weighted by Crippen LogP contribution is 2.26. The first-order valence-electron chi connectivity index (χ1n) is 8.12. The molecule has 1 fully saturated rings. The highest BCUT2D eigenvalue weighted by Gasteiger charge is 2.24. The van der Waals surface area contributed by atoms with E-state index >= 15 is 0 Å². The summed E-state index contributed by atoms with van der Waals surface area (Å²) in [6.45, 7) is 3.80. The number of benzene rings is 1. The van der Waals surface area contributed by atoms with E-state index in [0.29, 0.717) is 18.6 Å². The van der Waals surface area contributed by atoms with Crippen molar-refractivity contribution in [2.75, 3.05) is 32.7 Å². The first kappa shape index (κ1) is 16.6. The number of fused-ring (bicyclic) bond motifs is 1. The fraction of sp³-hybridized carbons (Fsp3) is 0.412. The summed E-state index contributed by atoms with van der Waals surface area (Å²) >= 11 is 0. The van der Waals surface area contributed by atoms with Crippen molar-refractivity contribution in [1.29, 1.82) is 0 Å². The molecule has 1 aliphatic heterocycles. The third kappa shape index (κ3) is 3.33. The summed E-state index contributed by atoms with van der Waals surface area (Å²) in [6.07, 6.45) is 1.68. The van der Waals surface area contributed by atoms with E-state index in [1.165, 1.54) is 0 Å². The zero-order chi connectivity index (χ0) is 17.1. The second-order valence-electron chi connectivity index (χ2n) is 6.09. The van der Waals surface area contributed by atoms with E-state index in [1.807, 2.05) is 18.2 Å². The van der Waals surface area contributed by atoms with Gasteiger partial charge in [0.05, 0.1) is 6.04 Å². The minimum Gasteiger partial charge on any atom is -0.506 e. The number of piperazine rings is 1. The molecule has 0 saturated carbocycles. The van der Waals surface area contributed by atoms with Gasteiger partial charge >= 0.3 is 0 Å². The van der Waals surface area contributed by atoms with Crippen molar-refractivity contribution in [1.82, 2.24) is 14.8 Å². The second kappa shape index (κ2) is 7.12. The molecule has 0 bridgehead atoms. The Bertz CT molecular complexity index is 728. The summed E-state index contributed by atoms with van der Waals surface area (Å²) in [5, 5.41) is 10.9. The van der Waals surface area contributed by atoms with E-state index in [0.717, 1.165) is 30.6 Å². The number of aromatic hydroxyl groups is 1. The number of rotatable bonds is 4. The predicted octanol–water partition coefficient (Wildman–Crippen LogP) is -0.129. The highest BCUT2D eigenvalue weighted by atomic mass is 16.3. The fourth-order valence-corrected chi connectivity index (χ4v) is 3.06. The Morgan fingerprint density at radius 3 is 2.71 bits per heavy atom. The number of amides is 1. The first-order valence-corrected chi connectivity index (χ1v) is 8.12. The van der Waals surface area contributed by atoms with Crippen molar-refractivity contribution in [3.05, 3.63) is 36.0 Å². The normalized spacial score (nSPS) is 17.2. The molecule has 2 aromatic rings. The number of aromatic nitrogens is 1. The van der Waals surface area contributed by atoms with Crippen LogP contribution in [0.4, 0.5) is 0 Å². The predicted molar refractivity (Wildman–Crippen MR) is 92.3 cm³/mol. The van der Waals surface area contributed by atoms with E-state index < -0.39 is 6.04 Å². The molecule has 1 aliphatic rings. The van der Waals surface area contributed by atoms with Crippen LogP contribution in [0.1, 0.15) is 5.56 Å². The quantitative estimate of drug-likeness (QED) is 0.721. The van der Waals surface area contributed by atoms with Crippen LogP contribution in [0.3, 0.4) is 0 Å². The highest BCUT2D eigenvalue weighted by molar-refractivity contribution is 5.87. The van der Waals surface area contributed by atoms with E-state index in [-0.39, 0.29) is 18.2 Å². The van der Waals surface area contributed by atoms with E-state index in [1.54, 1.807) is 17.2 Å². The van der Waals surface area contributed by atoms with Gasteiger partial charge in [0.1, 0.15) is 11.3 Å². The third-order valence-corrected chi connectivity index (χ3v) is 4.49. The topological polar surface area (TPSA) is 109 Å². The molecule has 2 heterocycles. The number of hydrogen-bond acceptors (Lipinski definition) is 6. The van der Waals surface area contributed by atoms with Crippen LogP contribution in [-0.4, -0.2) is 64.6 Å². The maximum Gasteiger partial charge on any atom is 0.240 e. The number of carbonyl (C=O) groups is 1. The lowest BCUT2D eigenvalue weighted by Crippen LogP contribution is -2.54. The molecule has 1 atom stereocenters. The Labute approximate surface area is 140 Å². The molecule has 1 aromatic carbocycles. The Hall–Kier alpha value is -2.22. The number of phenols is 1. The van der Waals surface area contributed by atoms with E-state index in [4.69, 9.17) is 11.5 Å². The summed E-state index contributed by atoms with van der Waals surface area (Å²) in [4.78, 5) is 20.4. The van der Waals surface area contributed by atoms with Crippen molar-refractivity contribution < 1.29 is 9.90 Å². The molecular formula is C17H23N5O2. The fourth-order valence-electron chi connectivity index (χ4n) is 3.06. The molecule has 1 saturated heterocycles. The summed E-state index contributed by atoms with van der Waals surface area (Å²) in [5.74, 6) is 0.122. The first-order chi connectivity index (χ1) is 11.6. The molecule has 7 heteroatoms. The van der Waals surface area contributed by atoms with Crippen molar-refractivity contribution in [2.24, 2.45) is 11.5 Å². The second-order valence-corrected chi connectivity index (χ2v) is 6.09. The summed E-state index contributed by atoms with van der Waals surface area (Å²) in [7, 11) is 0. The zero-order valence-electron chi connectivity index (χ0n) is 13.6. The molecule has 0 spiro atoms. The van der Waals surface area contributed by atoms with Crippen LogP contribution in [-0.2, 0) is 11.3 Å². The van der Waals surface area contributed by atoms with Crippen LogP contribution >= 0.6 is 0 Å². The van der Waals surface area contributed by atoms with Gasteiger partial charge in [-0.2, -0.15) is 0 Å². The number of carbonyl (C=O) groups excluding carboxylic acids is 1. The average Bonchev–Trinajstić information content (AvgIpc) is 2.63. The van der Waals surface area contributed by atoms with Crippen LogP contribution in [0.2, 0.25) is 0 Å². The molecule has 1 aromatic heterocycles. The van der Waals surface area contributed by atoms with Gasteiger partial charge in [-0.05, 0) is 17.7 Å². The average molecular weight is 329 g/mol. The SMILES string of the molecule is NCC(N)C(=O)N1CCN(Cc2ccc(O)c3ncccc23)CC1. The van der Waals surface area contributed by atoms with Gasteiger partial charge in [-0.25, -0.2) is 0 Å². The van der Waals surface area contributed by atoms with Crippen LogP contribution < -0.4 is 11.5 Å². The Morgan fingerprint density at radius 2 is 2.00 bits per heavy atom. The van der Waals surface area contributed by atoms with Gasteiger partial charge in [0, 0.05) is 50.9 Å². The molecule has 0 aliphatic carbocycles. The molecule has 1 amide bonds. The number of hydrogen-bond donors (Lipinski definition) is 3. The van der Waals surface area contributed by atoms with Gasteiger partial charge in [0.2, 0.25) is 5.91 Å². The monoisotopic (exact) mass is 329 g/mol. The van der Waals surface area contributed by atoms with Gasteiger partial charge in [0.15, 0.2) is 0 Å². The largest absolute Gasteiger partial charge is 0.506 e. The third-order valence-electron chi connectivity index (χ3n) is 4.49. The molecule has 7 nitrogen and oxygen atoms in total. The lowest BCUT2D eigenvalue weighted by molar-refractivity contribution is -0.134. The molecule has 24 heavy (non-hydrogen) atoms. The standard InChI is InChI=1S/C17H23N5O2/c18-10-14(19)17(24)22-8-6-21(7-9-22)11-12-3-4-15(23)16-13(12)2-1-5-20-16/h1-5,14,23H,6-11,18-19H2. The van der Waals surface area contributed by atoms with Crippen molar-refractivity contribution in [3.63, 3.8) is 0 Å². The van der Waals surface area contributed by atoms with Crippen molar-refractivity contribution in [2.45, 2.75) is 12.6 Å². The summed E-state index contributed by atoms with van der Waals surface area (Å²) in [5.41, 5.74) is 12.9. The van der Waals surface area contributed by atoms with Crippen molar-refractivity contribution >= 4 is 16.8 Å². The van der Waals surface area contributed by atoms with E-state index in [2.05, 4.69) is 9.88 Å². The lowest BCUT2D eigenvalue weighted by Gasteiger charge is -2.36. The molecule has 1 unspecified atom stereocenters. The number of nitrogens with zero attached hydrogens (tertiary/aromatic N) is 3. The maximum absolute atomic E-state index is 12.1. The minimum absolute atomic E-state index is 0.0727. The smallest absolute Gasteiger partial charge is 0.240 e. The molecule has 0 radical (unpaired) electrons. The summed E-state index contributed by atoms with van der Waals surface area (Å²) in [6, 6.07) is 6.85. The Morgan fingerprint density at radius 1 is 1.25 bits per heavy atom. The summed E-state index contributed by atoms with van der Waals surface area (Å²) < 4.78 is 0. The number of pyridine rings is 1. The van der Waals surface area contributed by atoms with Gasteiger partial charge in [-0.3, -0.25) is 14.7 Å². The van der Waals surface area contributed by atoms with E-state index in [9.17, 15) is 9.90 Å². The van der Waals surface area contributed by atoms with Crippen LogP contribution in [0, 0.1) is 0 Å². The van der Waals surface area contributed by atoms with Crippen LogP contribution in [0.25, 0.3) is 10.9 Å². The lowest BCUT2D eigenvalue weighted by atomic mass is 10.1. The maximum atomic E-state index is 12.1. The van der Waals surface area contributed by atoms with Gasteiger partial charge < -0.3 is 21.5 Å². The molecular weight excluding hydrogens is 306 g/mol. The minimum atomic E-state index is -0.608. The Balaban J connectivity index is 1.67. The molecule has 128 valence electrons. The zero-order valence-corrected chi connectivity index (χ0v) is 13.6. The van der Waals surface area contributed by atoms with Crippen LogP contribution in [0.5, 0.6) is 5.75 Å². The van der Waals surface area contributed by atoms with Gasteiger partial charge in [-0.1, -0.05) is 12.1 Å². The van der Waals surface area contributed by atoms with Gasteiger partial charge in [0.25, 0.3) is 0 Å². The van der Waals surface area contributed by atoms with Crippen molar-refractivity contribution in [3.8, 4) is 5.75 Å². The molecule has 3 rings (SSSR count). The Kier molecular flexibility index (Phi) is 4.94. The van der Waals surface area contributed by atoms with Crippen LogP contribution in [0.15, 0.2) is 30.5 Å². The molecule has 5 N–H and O–H groups in total. The number of nitrogens with two attached hydrogens (primary N) is 2.